The average molecular weight is 459 g/mol. The summed E-state index contributed by atoms with van der Waals surface area (Å²) in [6.45, 7) is 17.8. The maximum atomic E-state index is 11.8. The van der Waals surface area contributed by atoms with Crippen LogP contribution in [0, 0.1) is 45.8 Å². The predicted molar refractivity (Wildman–Crippen MR) is 139 cm³/mol. The molecule has 9 atom stereocenters. The zero-order chi connectivity index (χ0) is 24.0. The Labute approximate surface area is 205 Å². The van der Waals surface area contributed by atoms with Gasteiger partial charge in [0.2, 0.25) is 0 Å². The Morgan fingerprint density at radius 1 is 1.06 bits per heavy atom. The highest BCUT2D eigenvalue weighted by Crippen LogP contribution is 2.73. The van der Waals surface area contributed by atoms with E-state index in [1.165, 1.54) is 57.8 Å². The summed E-state index contributed by atoms with van der Waals surface area (Å²) < 4.78 is 6.08. The summed E-state index contributed by atoms with van der Waals surface area (Å²) in [4.78, 5) is 0. The lowest BCUT2D eigenvalue weighted by Gasteiger charge is -2.62. The average Bonchev–Trinajstić information content (AvgIpc) is 3.01. The number of aliphatic hydroxyl groups excluding tert-OH is 1. The molecule has 0 saturated heterocycles. The van der Waals surface area contributed by atoms with Crippen molar-refractivity contribution in [2.45, 2.75) is 131 Å². The summed E-state index contributed by atoms with van der Waals surface area (Å²) in [6.07, 6.45) is 16.7. The maximum absolute atomic E-state index is 11.8. The molecule has 190 valence electrons. The Morgan fingerprint density at radius 2 is 1.82 bits per heavy atom. The Bertz CT molecular complexity index is 712. The fraction of sp³-hybridized carbons (Fsp3) is 0.935. The first-order valence-corrected chi connectivity index (χ1v) is 14.6. The Morgan fingerprint density at radius 3 is 2.48 bits per heavy atom. The van der Waals surface area contributed by atoms with E-state index >= 15 is 0 Å². The highest BCUT2D eigenvalue weighted by molar-refractivity contribution is 5.35. The molecule has 2 nitrogen and oxygen atoms in total. The van der Waals surface area contributed by atoms with Gasteiger partial charge < -0.3 is 9.84 Å². The standard InChI is InChI=1S/C31H54O2/c1-8-31-26-14-13-23-19-24(33-9-2)15-17-29(23,6)25(26)16-18-30(31,7)27(20-28(31)32)22(5)12-10-11-21(3)4/h14,21-25,27-28,32H,8-13,15-20H2,1-7H3/t22-,23+,24+,25+,27-,28-,29+,30-,31-/m1/s1. The second-order valence-electron chi connectivity index (χ2n) is 13.4. The van der Waals surface area contributed by atoms with Crippen molar-refractivity contribution in [1.82, 2.24) is 0 Å². The fourth-order valence-electron chi connectivity index (χ4n) is 9.88. The Kier molecular flexibility index (Phi) is 7.49. The van der Waals surface area contributed by atoms with Crippen molar-refractivity contribution >= 4 is 0 Å². The van der Waals surface area contributed by atoms with Crippen LogP contribution in [0.2, 0.25) is 0 Å². The van der Waals surface area contributed by atoms with Crippen LogP contribution in [0.4, 0.5) is 0 Å². The zero-order valence-corrected chi connectivity index (χ0v) is 23.0. The smallest absolute Gasteiger partial charge is 0.0641 e. The van der Waals surface area contributed by atoms with Crippen LogP contribution in [0.1, 0.15) is 119 Å². The van der Waals surface area contributed by atoms with Crippen molar-refractivity contribution in [2.75, 3.05) is 6.61 Å². The molecule has 33 heavy (non-hydrogen) atoms. The summed E-state index contributed by atoms with van der Waals surface area (Å²) >= 11 is 0. The van der Waals surface area contributed by atoms with E-state index in [-0.39, 0.29) is 16.9 Å². The molecule has 0 unspecified atom stereocenters. The molecule has 0 aromatic heterocycles. The number of allylic oxidation sites excluding steroid dienone is 1. The van der Waals surface area contributed by atoms with Gasteiger partial charge >= 0.3 is 0 Å². The van der Waals surface area contributed by atoms with Gasteiger partial charge in [0.1, 0.15) is 0 Å². The number of hydrogen-bond donors (Lipinski definition) is 1. The Balaban J connectivity index is 1.62. The van der Waals surface area contributed by atoms with E-state index in [9.17, 15) is 5.11 Å². The molecule has 4 rings (SSSR count). The molecular formula is C31H54O2. The van der Waals surface area contributed by atoms with E-state index in [0.717, 1.165) is 31.3 Å². The second-order valence-corrected chi connectivity index (χ2v) is 13.4. The molecular weight excluding hydrogens is 404 g/mol. The van der Waals surface area contributed by atoms with Crippen LogP contribution < -0.4 is 0 Å². The lowest BCUT2D eigenvalue weighted by Crippen LogP contribution is -2.56. The minimum atomic E-state index is -0.168. The second kappa shape index (κ2) is 9.61. The molecule has 1 N–H and O–H groups in total. The topological polar surface area (TPSA) is 29.5 Å². The highest BCUT2D eigenvalue weighted by atomic mass is 16.5. The largest absolute Gasteiger partial charge is 0.392 e. The van der Waals surface area contributed by atoms with Crippen LogP contribution in [-0.2, 0) is 4.74 Å². The van der Waals surface area contributed by atoms with Crippen molar-refractivity contribution in [1.29, 1.82) is 0 Å². The first-order chi connectivity index (χ1) is 15.6. The first kappa shape index (κ1) is 25.7. The number of rotatable bonds is 8. The van der Waals surface area contributed by atoms with Gasteiger partial charge in [0.15, 0.2) is 0 Å². The first-order valence-electron chi connectivity index (χ1n) is 14.6. The van der Waals surface area contributed by atoms with Crippen LogP contribution in [0.3, 0.4) is 0 Å². The minimum Gasteiger partial charge on any atom is -0.392 e. The van der Waals surface area contributed by atoms with Crippen LogP contribution in [-0.4, -0.2) is 23.9 Å². The van der Waals surface area contributed by atoms with Crippen molar-refractivity contribution < 1.29 is 9.84 Å². The molecule has 0 aromatic carbocycles. The van der Waals surface area contributed by atoms with E-state index < -0.39 is 0 Å². The van der Waals surface area contributed by atoms with Crippen molar-refractivity contribution in [3.8, 4) is 0 Å². The summed E-state index contributed by atoms with van der Waals surface area (Å²) in [7, 11) is 0. The van der Waals surface area contributed by atoms with Crippen LogP contribution in [0.15, 0.2) is 11.6 Å². The van der Waals surface area contributed by atoms with Crippen molar-refractivity contribution in [3.05, 3.63) is 11.6 Å². The molecule has 2 heteroatoms. The van der Waals surface area contributed by atoms with E-state index in [1.807, 2.05) is 0 Å². The number of aliphatic hydroxyl groups is 1. The summed E-state index contributed by atoms with van der Waals surface area (Å²) in [6, 6.07) is 0. The molecule has 0 bridgehead atoms. The third-order valence-corrected chi connectivity index (χ3v) is 11.7. The normalized spacial score (nSPS) is 45.8. The van der Waals surface area contributed by atoms with Crippen LogP contribution >= 0.6 is 0 Å². The number of hydrogen-bond acceptors (Lipinski definition) is 2. The third-order valence-electron chi connectivity index (χ3n) is 11.7. The molecule has 0 spiro atoms. The summed E-state index contributed by atoms with van der Waals surface area (Å²) in [5, 5.41) is 11.8. The summed E-state index contributed by atoms with van der Waals surface area (Å²) in [5.74, 6) is 3.57. The number of ether oxygens (including phenoxy) is 1. The monoisotopic (exact) mass is 458 g/mol. The molecule has 0 heterocycles. The minimum absolute atomic E-state index is 0.00234. The van der Waals surface area contributed by atoms with Gasteiger partial charge in [-0.3, -0.25) is 0 Å². The quantitative estimate of drug-likeness (QED) is 0.371. The zero-order valence-electron chi connectivity index (χ0n) is 23.0. The molecule has 3 saturated carbocycles. The third kappa shape index (κ3) is 3.98. The van der Waals surface area contributed by atoms with Crippen LogP contribution in [0.25, 0.3) is 0 Å². The van der Waals surface area contributed by atoms with Gasteiger partial charge in [-0.1, -0.05) is 72.5 Å². The van der Waals surface area contributed by atoms with Gasteiger partial charge in [-0.2, -0.15) is 0 Å². The lowest BCUT2D eigenvalue weighted by molar-refractivity contribution is -0.0980. The maximum Gasteiger partial charge on any atom is 0.0641 e. The van der Waals surface area contributed by atoms with Gasteiger partial charge in [0.25, 0.3) is 0 Å². The van der Waals surface area contributed by atoms with Crippen molar-refractivity contribution in [3.63, 3.8) is 0 Å². The highest BCUT2D eigenvalue weighted by Gasteiger charge is 2.68. The molecule has 4 aliphatic carbocycles. The number of fused-ring (bicyclic) bond motifs is 5. The molecule has 0 radical (unpaired) electrons. The fourth-order valence-corrected chi connectivity index (χ4v) is 9.88. The summed E-state index contributed by atoms with van der Waals surface area (Å²) in [5.41, 5.74) is 2.32. The molecule has 0 aromatic rings. The van der Waals surface area contributed by atoms with Gasteiger partial charge in [0, 0.05) is 12.0 Å². The van der Waals surface area contributed by atoms with Gasteiger partial charge in [-0.15, -0.1) is 0 Å². The molecule has 4 aliphatic rings. The van der Waals surface area contributed by atoms with Crippen molar-refractivity contribution in [2.24, 2.45) is 45.8 Å². The van der Waals surface area contributed by atoms with E-state index in [2.05, 4.69) is 54.5 Å². The predicted octanol–water partition coefficient (Wildman–Crippen LogP) is 8.18. The van der Waals surface area contributed by atoms with Gasteiger partial charge in [-0.05, 0) is 98.7 Å². The van der Waals surface area contributed by atoms with Crippen LogP contribution in [0.5, 0.6) is 0 Å². The van der Waals surface area contributed by atoms with E-state index in [0.29, 0.717) is 29.3 Å². The van der Waals surface area contributed by atoms with Gasteiger partial charge in [-0.25, -0.2) is 0 Å². The molecule has 0 aliphatic heterocycles. The molecule has 3 fully saturated rings. The van der Waals surface area contributed by atoms with Gasteiger partial charge in [0.05, 0.1) is 12.2 Å². The van der Waals surface area contributed by atoms with E-state index in [4.69, 9.17) is 4.74 Å². The Hall–Kier alpha value is -0.340. The molecule has 0 amide bonds. The SMILES string of the molecule is CCO[C@H]1CC[C@@]2(C)[C@@H](CC=C3[C@@H]2CC[C@]2(C)[C@@H]([C@H](C)CCCC(C)C)C[C@@H](O)[C@@]32CC)C1. The van der Waals surface area contributed by atoms with E-state index in [1.54, 1.807) is 5.57 Å². The lowest BCUT2D eigenvalue weighted by atomic mass is 9.42.